The number of hydrogen-bond donors (Lipinski definition) is 0. The molecule has 0 amide bonds. The van der Waals surface area contributed by atoms with Crippen LogP contribution in [0.4, 0.5) is 51.2 Å². The Bertz CT molecular complexity index is 8890. The van der Waals surface area contributed by atoms with Crippen LogP contribution >= 0.6 is 0 Å². The van der Waals surface area contributed by atoms with Crippen LogP contribution in [0.3, 0.4) is 0 Å². The lowest BCUT2D eigenvalue weighted by Gasteiger charge is -2.26. The monoisotopic (exact) mass is 1780 g/mol. The molecule has 9 aromatic heterocycles. The van der Waals surface area contributed by atoms with Crippen LogP contribution in [-0.4, -0.2) is 41.9 Å². The fraction of sp³-hybridized carbons (Fsp3) is 0. The Kier molecular flexibility index (Phi) is 21.0. The Balaban J connectivity index is 0.000000111. The highest BCUT2D eigenvalue weighted by Gasteiger charge is 2.23. The molecule has 27 rings (SSSR count). The molecule has 9 heterocycles. The first-order valence-corrected chi connectivity index (χ1v) is 47.0. The molecule has 12 nitrogen and oxygen atoms in total. The van der Waals surface area contributed by atoms with Gasteiger partial charge in [0, 0.05) is 154 Å². The Morgan fingerprint density at radius 2 is 0.388 bits per heavy atom. The molecular formula is C127H88N12. The highest BCUT2D eigenvalue weighted by atomic mass is 15.2. The van der Waals surface area contributed by atoms with Crippen LogP contribution in [0.2, 0.25) is 0 Å². The largest absolute Gasteiger partial charge is 0.311 e. The molecule has 0 aliphatic carbocycles. The number of fused-ring (bicyclic) bond motifs is 13. The van der Waals surface area contributed by atoms with E-state index in [2.05, 4.69) is 503 Å². The zero-order chi connectivity index (χ0) is 92.1. The number of rotatable bonds is 17. The van der Waals surface area contributed by atoms with E-state index in [-0.39, 0.29) is 0 Å². The van der Waals surface area contributed by atoms with Crippen LogP contribution in [0.1, 0.15) is 0 Å². The van der Waals surface area contributed by atoms with Crippen LogP contribution in [0.15, 0.2) is 535 Å². The van der Waals surface area contributed by atoms with Gasteiger partial charge in [0.25, 0.3) is 0 Å². The average molecular weight is 1780 g/mol. The Morgan fingerprint density at radius 1 is 0.158 bits per heavy atom. The third-order valence-electron chi connectivity index (χ3n) is 26.7. The standard InChI is InChI=1S/C47H32N4.C43H30N4.C37H26N4/c1-2-12-40-33(10-1)11-9-15-41(40)34-19-23-36(24-20-34)50(37-25-21-35(22-26-37)44-32-49-31-8-7-18-47(49)48-44)38-27-29-39(30-28-38)51-45-16-5-3-13-42(45)43-14-4-6-17-46(43)51;1-2-10-31(11-3-1)32-17-21-34(22-18-32)46(35-23-19-33(20-24-35)40-30-45-29-9-8-16-43(45)44-40)36-25-27-37(28-26-36)47-41-14-6-4-12-38(41)39-13-5-7-15-42(39)47;1-2-10-28(11-3-1)40(29-19-17-27(18-20-29)34-26-39-25-9-8-16-37(39)38-34)30-21-23-31(24-22-30)41-35-14-6-4-12-32(35)33-13-5-7-15-36(33)41/h1-32H;1-30H;1-26H. The van der Waals surface area contributed by atoms with E-state index in [9.17, 15) is 0 Å². The van der Waals surface area contributed by atoms with Crippen molar-refractivity contribution in [2.45, 2.75) is 0 Å². The van der Waals surface area contributed by atoms with Crippen LogP contribution in [0.25, 0.3) is 166 Å². The van der Waals surface area contributed by atoms with Crippen molar-refractivity contribution in [2.24, 2.45) is 0 Å². The van der Waals surface area contributed by atoms with E-state index in [1.807, 2.05) is 73.2 Å². The maximum atomic E-state index is 4.86. The van der Waals surface area contributed by atoms with Gasteiger partial charge in [-0.1, -0.05) is 279 Å². The molecule has 139 heavy (non-hydrogen) atoms. The molecular weight excluding hydrogens is 1690 g/mol. The topological polar surface area (TPSA) is 76.4 Å². The van der Waals surface area contributed by atoms with Gasteiger partial charge in [-0.15, -0.1) is 0 Å². The lowest BCUT2D eigenvalue weighted by atomic mass is 9.98. The molecule has 18 aromatic carbocycles. The predicted octanol–water partition coefficient (Wildman–Crippen LogP) is 33.2. The number of anilines is 9. The molecule has 0 radical (unpaired) electrons. The summed E-state index contributed by atoms with van der Waals surface area (Å²) in [5.74, 6) is 0. The van der Waals surface area contributed by atoms with Crippen LogP contribution < -0.4 is 14.7 Å². The van der Waals surface area contributed by atoms with E-state index in [1.165, 1.54) is 98.4 Å². The van der Waals surface area contributed by atoms with Crippen molar-refractivity contribution in [3.05, 3.63) is 535 Å². The second kappa shape index (κ2) is 35.6. The fourth-order valence-electron chi connectivity index (χ4n) is 20.0. The first kappa shape index (κ1) is 82.0. The second-order valence-corrected chi connectivity index (χ2v) is 34.9. The quantitative estimate of drug-likeness (QED) is 0.0904. The third-order valence-corrected chi connectivity index (χ3v) is 26.7. The van der Waals surface area contributed by atoms with Gasteiger partial charge in [-0.25, -0.2) is 15.0 Å². The van der Waals surface area contributed by atoms with E-state index in [4.69, 9.17) is 15.0 Å². The first-order chi connectivity index (χ1) is 68.9. The minimum atomic E-state index is 0.938. The molecule has 656 valence electrons. The minimum Gasteiger partial charge on any atom is -0.311 e. The lowest BCUT2D eigenvalue weighted by Crippen LogP contribution is -2.10. The van der Waals surface area contributed by atoms with Gasteiger partial charge in [0.15, 0.2) is 0 Å². The first-order valence-electron chi connectivity index (χ1n) is 47.0. The minimum absolute atomic E-state index is 0.938. The summed E-state index contributed by atoms with van der Waals surface area (Å²) < 4.78 is 13.2. The maximum absolute atomic E-state index is 4.86. The lowest BCUT2D eigenvalue weighted by molar-refractivity contribution is 1.17. The summed E-state index contributed by atoms with van der Waals surface area (Å²) in [7, 11) is 0. The number of pyridine rings is 3. The SMILES string of the molecule is c1ccc(-c2ccc(N(c3ccc(-c4cn5ccccc5n4)cc3)c3ccc(-n4c5ccccc5c5ccccc54)cc3)cc2)cc1.c1ccc(N(c2ccc(-c3cn4ccccc4n3)cc2)c2ccc(-n3c4ccccc4c4ccccc43)cc2)cc1.c1ccc2c(-c3ccc(N(c4ccc(-c5cn6ccccc6n5)cc4)c4ccc(-n5c6ccccc6c6ccccc65)cc4)cc3)cccc2c1. The van der Waals surface area contributed by atoms with Crippen molar-refractivity contribution in [1.29, 1.82) is 0 Å². The second-order valence-electron chi connectivity index (χ2n) is 34.9. The Morgan fingerprint density at radius 3 is 0.698 bits per heavy atom. The van der Waals surface area contributed by atoms with Crippen molar-refractivity contribution in [3.63, 3.8) is 0 Å². The van der Waals surface area contributed by atoms with Gasteiger partial charge in [0.2, 0.25) is 0 Å². The van der Waals surface area contributed by atoms with E-state index in [1.54, 1.807) is 0 Å². The van der Waals surface area contributed by atoms with E-state index in [0.29, 0.717) is 0 Å². The van der Waals surface area contributed by atoms with E-state index < -0.39 is 0 Å². The van der Waals surface area contributed by atoms with Crippen molar-refractivity contribution in [1.82, 2.24) is 41.9 Å². The molecule has 0 aliphatic rings. The predicted molar refractivity (Wildman–Crippen MR) is 577 cm³/mol. The number of benzene rings is 18. The summed E-state index contributed by atoms with van der Waals surface area (Å²) >= 11 is 0. The van der Waals surface area contributed by atoms with Crippen LogP contribution in [0.5, 0.6) is 0 Å². The average Bonchev–Trinajstić information content (AvgIpc) is 1.61. The number of hydrogen-bond acceptors (Lipinski definition) is 6. The molecule has 0 saturated heterocycles. The van der Waals surface area contributed by atoms with Crippen molar-refractivity contribution in [3.8, 4) is 73.1 Å². The normalized spacial score (nSPS) is 11.5. The molecule has 0 saturated carbocycles. The number of imidazole rings is 3. The molecule has 27 aromatic rings. The highest BCUT2D eigenvalue weighted by molar-refractivity contribution is 6.12. The van der Waals surface area contributed by atoms with Gasteiger partial charge in [0.1, 0.15) is 16.9 Å². The van der Waals surface area contributed by atoms with E-state index >= 15 is 0 Å². The van der Waals surface area contributed by atoms with Crippen LogP contribution in [-0.2, 0) is 0 Å². The molecule has 12 heteroatoms. The highest BCUT2D eigenvalue weighted by Crippen LogP contribution is 2.45. The molecule has 0 fully saturated rings. The smallest absolute Gasteiger partial charge is 0.137 e. The van der Waals surface area contributed by atoms with E-state index in [0.717, 1.165) is 119 Å². The summed E-state index contributed by atoms with van der Waals surface area (Å²) in [6.07, 6.45) is 12.3. The van der Waals surface area contributed by atoms with Gasteiger partial charge in [-0.05, 0) is 251 Å². The summed E-state index contributed by atoms with van der Waals surface area (Å²) in [4.78, 5) is 21.4. The molecule has 0 aliphatic heterocycles. The van der Waals surface area contributed by atoms with Gasteiger partial charge >= 0.3 is 0 Å². The zero-order valence-corrected chi connectivity index (χ0v) is 75.7. The molecule has 0 unspecified atom stereocenters. The molecule has 0 bridgehead atoms. The van der Waals surface area contributed by atoms with Gasteiger partial charge in [-0.2, -0.15) is 0 Å². The molecule has 0 atom stereocenters. The van der Waals surface area contributed by atoms with Gasteiger partial charge in [-0.3, -0.25) is 0 Å². The Hall–Kier alpha value is -18.9. The van der Waals surface area contributed by atoms with Crippen LogP contribution in [0, 0.1) is 0 Å². The summed E-state index contributed by atoms with van der Waals surface area (Å²) in [5.41, 5.74) is 34.2. The number of nitrogens with zero attached hydrogens (tertiary/aromatic N) is 12. The van der Waals surface area contributed by atoms with Crippen molar-refractivity contribution < 1.29 is 0 Å². The van der Waals surface area contributed by atoms with Gasteiger partial charge < -0.3 is 41.6 Å². The van der Waals surface area contributed by atoms with Crippen molar-refractivity contribution in [2.75, 3.05) is 14.7 Å². The fourth-order valence-corrected chi connectivity index (χ4v) is 20.0. The molecule has 0 N–H and O–H groups in total. The van der Waals surface area contributed by atoms with Crippen molar-refractivity contribution >= 4 is 144 Å². The van der Waals surface area contributed by atoms with Gasteiger partial charge in [0.05, 0.1) is 50.2 Å². The Labute approximate surface area is 803 Å². The third kappa shape index (κ3) is 15.4. The number of aromatic nitrogens is 9. The maximum Gasteiger partial charge on any atom is 0.137 e. The zero-order valence-electron chi connectivity index (χ0n) is 75.7. The number of para-hydroxylation sites is 7. The summed E-state index contributed by atoms with van der Waals surface area (Å²) in [6, 6.07) is 177. The molecule has 0 spiro atoms. The summed E-state index contributed by atoms with van der Waals surface area (Å²) in [5, 5.41) is 10.1. The summed E-state index contributed by atoms with van der Waals surface area (Å²) in [6.45, 7) is 0.